The summed E-state index contributed by atoms with van der Waals surface area (Å²) in [5.74, 6) is -0.842. The van der Waals surface area contributed by atoms with Gasteiger partial charge >= 0.3 is 17.9 Å². The van der Waals surface area contributed by atoms with Crippen LogP contribution < -0.4 is 0 Å². The fourth-order valence-electron chi connectivity index (χ4n) is 9.33. The summed E-state index contributed by atoms with van der Waals surface area (Å²) in [6, 6.07) is 0. The van der Waals surface area contributed by atoms with Crippen LogP contribution >= 0.6 is 0 Å². The van der Waals surface area contributed by atoms with E-state index in [0.717, 1.165) is 57.8 Å². The zero-order valence-electron chi connectivity index (χ0n) is 45.0. The maximum atomic E-state index is 12.8. The zero-order chi connectivity index (χ0) is 47.9. The Morgan fingerprint density at radius 3 is 0.606 bits per heavy atom. The standard InChI is InChI=1S/C60H116O6/c1-4-7-10-13-16-19-21-23-24-25-26-27-28-29-30-31-32-33-34-35-36-37-38-40-41-44-47-50-53-59(62)65-56-57(55-64-58(61)52-49-46-43-18-15-12-9-6-3)66-60(63)54-51-48-45-42-39-22-20-17-14-11-8-5-2/h57H,4-56H2,1-3H3. The van der Waals surface area contributed by atoms with E-state index in [1.165, 1.54) is 250 Å². The molecule has 0 aliphatic heterocycles. The summed E-state index contributed by atoms with van der Waals surface area (Å²) in [6.45, 7) is 6.67. The Hall–Kier alpha value is -1.59. The van der Waals surface area contributed by atoms with Crippen molar-refractivity contribution in [2.24, 2.45) is 0 Å². The lowest BCUT2D eigenvalue weighted by Crippen LogP contribution is -2.30. The van der Waals surface area contributed by atoms with Gasteiger partial charge in [-0.25, -0.2) is 0 Å². The third kappa shape index (κ3) is 53.4. The first-order chi connectivity index (χ1) is 32.5. The van der Waals surface area contributed by atoms with Crippen molar-refractivity contribution in [1.82, 2.24) is 0 Å². The molecule has 0 saturated heterocycles. The summed E-state index contributed by atoms with van der Waals surface area (Å²) in [5, 5.41) is 0. The lowest BCUT2D eigenvalue weighted by atomic mass is 10.0. The Balaban J connectivity index is 3.98. The molecule has 0 aromatic heterocycles. The van der Waals surface area contributed by atoms with Crippen LogP contribution in [0.25, 0.3) is 0 Å². The predicted molar refractivity (Wildman–Crippen MR) is 284 cm³/mol. The van der Waals surface area contributed by atoms with Crippen molar-refractivity contribution in [2.45, 2.75) is 354 Å². The van der Waals surface area contributed by atoms with Crippen LogP contribution in [-0.2, 0) is 28.6 Å². The van der Waals surface area contributed by atoms with Crippen LogP contribution in [0.15, 0.2) is 0 Å². The number of rotatable bonds is 56. The molecule has 66 heavy (non-hydrogen) atoms. The molecule has 0 N–H and O–H groups in total. The summed E-state index contributed by atoms with van der Waals surface area (Å²) in [5.41, 5.74) is 0. The first-order valence-corrected chi connectivity index (χ1v) is 30.0. The highest BCUT2D eigenvalue weighted by Gasteiger charge is 2.19. The van der Waals surface area contributed by atoms with Crippen molar-refractivity contribution in [1.29, 1.82) is 0 Å². The summed E-state index contributed by atoms with van der Waals surface area (Å²) < 4.78 is 16.8. The normalized spacial score (nSPS) is 11.9. The SMILES string of the molecule is CCCCCCCCCCCCCCCCCCCCCCCCCCCCCCC(=O)OCC(COC(=O)CCCCCCCCCC)OC(=O)CCCCCCCCCCCCCC. The van der Waals surface area contributed by atoms with E-state index >= 15 is 0 Å². The molecule has 0 radical (unpaired) electrons. The minimum Gasteiger partial charge on any atom is -0.462 e. The molecular formula is C60H116O6. The Morgan fingerprint density at radius 1 is 0.242 bits per heavy atom. The van der Waals surface area contributed by atoms with E-state index < -0.39 is 6.10 Å². The molecular weight excluding hydrogens is 817 g/mol. The molecule has 0 rings (SSSR count). The van der Waals surface area contributed by atoms with Gasteiger partial charge in [-0.1, -0.05) is 310 Å². The summed E-state index contributed by atoms with van der Waals surface area (Å²) in [6.07, 6.45) is 62.8. The van der Waals surface area contributed by atoms with Crippen molar-refractivity contribution in [3.05, 3.63) is 0 Å². The van der Waals surface area contributed by atoms with E-state index in [2.05, 4.69) is 20.8 Å². The Bertz CT molecular complexity index is 982. The lowest BCUT2D eigenvalue weighted by molar-refractivity contribution is -0.167. The number of hydrogen-bond acceptors (Lipinski definition) is 6. The molecule has 6 nitrogen and oxygen atoms in total. The number of carbonyl (C=O) groups excluding carboxylic acids is 3. The van der Waals surface area contributed by atoms with Gasteiger partial charge in [0.2, 0.25) is 0 Å². The second-order valence-corrected chi connectivity index (χ2v) is 20.6. The van der Waals surface area contributed by atoms with Crippen LogP contribution in [0, 0.1) is 0 Å². The van der Waals surface area contributed by atoms with Crippen LogP contribution in [-0.4, -0.2) is 37.2 Å². The number of hydrogen-bond donors (Lipinski definition) is 0. The molecule has 0 fully saturated rings. The topological polar surface area (TPSA) is 78.9 Å². The second kappa shape index (κ2) is 56.0. The van der Waals surface area contributed by atoms with Crippen molar-refractivity contribution in [2.75, 3.05) is 13.2 Å². The molecule has 6 heteroatoms. The third-order valence-corrected chi connectivity index (χ3v) is 13.9. The van der Waals surface area contributed by atoms with Gasteiger partial charge in [0.05, 0.1) is 0 Å². The van der Waals surface area contributed by atoms with Gasteiger partial charge in [0.1, 0.15) is 13.2 Å². The molecule has 0 heterocycles. The average Bonchev–Trinajstić information content (AvgIpc) is 3.31. The highest BCUT2D eigenvalue weighted by Crippen LogP contribution is 2.18. The minimum atomic E-state index is -0.759. The molecule has 0 aromatic carbocycles. The lowest BCUT2D eigenvalue weighted by Gasteiger charge is -2.18. The molecule has 392 valence electrons. The smallest absolute Gasteiger partial charge is 0.306 e. The Labute approximate surface area is 412 Å². The summed E-state index contributed by atoms with van der Waals surface area (Å²) >= 11 is 0. The maximum absolute atomic E-state index is 12.8. The van der Waals surface area contributed by atoms with Gasteiger partial charge in [0, 0.05) is 19.3 Å². The van der Waals surface area contributed by atoms with Gasteiger partial charge in [0.15, 0.2) is 6.10 Å². The molecule has 0 spiro atoms. The summed E-state index contributed by atoms with van der Waals surface area (Å²) in [4.78, 5) is 37.9. The van der Waals surface area contributed by atoms with Crippen molar-refractivity contribution < 1.29 is 28.6 Å². The molecule has 1 unspecified atom stereocenters. The first-order valence-electron chi connectivity index (χ1n) is 30.0. The molecule has 0 aromatic rings. The zero-order valence-corrected chi connectivity index (χ0v) is 45.0. The molecule has 0 saturated carbocycles. The van der Waals surface area contributed by atoms with Crippen molar-refractivity contribution in [3.8, 4) is 0 Å². The van der Waals surface area contributed by atoms with E-state index in [9.17, 15) is 14.4 Å². The highest BCUT2D eigenvalue weighted by molar-refractivity contribution is 5.71. The second-order valence-electron chi connectivity index (χ2n) is 20.6. The van der Waals surface area contributed by atoms with E-state index in [1.807, 2.05) is 0 Å². The van der Waals surface area contributed by atoms with E-state index in [4.69, 9.17) is 14.2 Å². The first kappa shape index (κ1) is 64.4. The molecule has 1 atom stereocenters. The minimum absolute atomic E-state index is 0.0619. The quantitative estimate of drug-likeness (QED) is 0.0343. The summed E-state index contributed by atoms with van der Waals surface area (Å²) in [7, 11) is 0. The number of esters is 3. The van der Waals surface area contributed by atoms with Gasteiger partial charge < -0.3 is 14.2 Å². The fraction of sp³-hybridized carbons (Fsp3) is 0.950. The van der Waals surface area contributed by atoms with E-state index in [1.54, 1.807) is 0 Å². The van der Waals surface area contributed by atoms with Crippen LogP contribution in [0.2, 0.25) is 0 Å². The average molecular weight is 934 g/mol. The predicted octanol–water partition coefficient (Wildman–Crippen LogP) is 19.9. The monoisotopic (exact) mass is 933 g/mol. The maximum Gasteiger partial charge on any atom is 0.306 e. The molecule has 0 aliphatic carbocycles. The largest absolute Gasteiger partial charge is 0.462 e. The van der Waals surface area contributed by atoms with Crippen molar-refractivity contribution >= 4 is 17.9 Å². The van der Waals surface area contributed by atoms with Crippen molar-refractivity contribution in [3.63, 3.8) is 0 Å². The molecule has 0 amide bonds. The number of unbranched alkanes of at least 4 members (excludes halogenated alkanes) is 45. The van der Waals surface area contributed by atoms with E-state index in [0.29, 0.717) is 19.3 Å². The number of ether oxygens (including phenoxy) is 3. The van der Waals surface area contributed by atoms with Gasteiger partial charge in [-0.05, 0) is 19.3 Å². The third-order valence-electron chi connectivity index (χ3n) is 13.9. The van der Waals surface area contributed by atoms with Crippen LogP contribution in [0.1, 0.15) is 348 Å². The number of carbonyl (C=O) groups is 3. The Kier molecular flexibility index (Phi) is 54.7. The highest BCUT2D eigenvalue weighted by atomic mass is 16.6. The van der Waals surface area contributed by atoms with E-state index in [-0.39, 0.29) is 31.1 Å². The van der Waals surface area contributed by atoms with Gasteiger partial charge in [0.25, 0.3) is 0 Å². The van der Waals surface area contributed by atoms with Crippen LogP contribution in [0.5, 0.6) is 0 Å². The van der Waals surface area contributed by atoms with Crippen LogP contribution in [0.4, 0.5) is 0 Å². The van der Waals surface area contributed by atoms with Gasteiger partial charge in [-0.15, -0.1) is 0 Å². The fourth-order valence-corrected chi connectivity index (χ4v) is 9.33. The molecule has 0 bridgehead atoms. The Morgan fingerprint density at radius 2 is 0.409 bits per heavy atom. The van der Waals surface area contributed by atoms with Gasteiger partial charge in [-0.2, -0.15) is 0 Å². The van der Waals surface area contributed by atoms with Gasteiger partial charge in [-0.3, -0.25) is 14.4 Å². The van der Waals surface area contributed by atoms with Crippen LogP contribution in [0.3, 0.4) is 0 Å². The molecule has 0 aliphatic rings.